The Kier molecular flexibility index (Phi) is 5.25. The van der Waals surface area contributed by atoms with Crippen molar-refractivity contribution >= 4 is 22.9 Å². The van der Waals surface area contributed by atoms with Gasteiger partial charge in [0.05, 0.1) is 10.0 Å². The summed E-state index contributed by atoms with van der Waals surface area (Å²) < 4.78 is 6.69. The Balaban J connectivity index is 2.07. The van der Waals surface area contributed by atoms with Crippen molar-refractivity contribution in [1.29, 1.82) is 0 Å². The summed E-state index contributed by atoms with van der Waals surface area (Å²) in [5, 5.41) is 3.45. The number of halogens is 1. The average molecular weight is 325 g/mol. The molecule has 2 rings (SSSR count). The Morgan fingerprint density at radius 3 is 2.62 bits per heavy atom. The molecule has 0 fully saturated rings. The third kappa shape index (κ3) is 5.30. The van der Waals surface area contributed by atoms with Crippen LogP contribution >= 0.6 is 22.9 Å². The van der Waals surface area contributed by atoms with Gasteiger partial charge in [-0.05, 0) is 52.0 Å². The van der Waals surface area contributed by atoms with Crippen molar-refractivity contribution in [3.05, 3.63) is 44.9 Å². The molecule has 2 aromatic heterocycles. The lowest BCUT2D eigenvalue weighted by molar-refractivity contribution is 0.301. The van der Waals surface area contributed by atoms with Crippen molar-refractivity contribution in [3.63, 3.8) is 0 Å². The number of nitrogens with one attached hydrogen (secondary N) is 1. The van der Waals surface area contributed by atoms with Gasteiger partial charge in [0.15, 0.2) is 0 Å². The van der Waals surface area contributed by atoms with Crippen LogP contribution in [0.2, 0.25) is 4.34 Å². The van der Waals surface area contributed by atoms with Gasteiger partial charge in [-0.2, -0.15) is 0 Å². The number of ether oxygens (including phenoxy) is 1. The van der Waals surface area contributed by atoms with E-state index in [2.05, 4.69) is 31.1 Å². The summed E-state index contributed by atoms with van der Waals surface area (Å²) in [4.78, 5) is 5.69. The molecule has 114 valence electrons. The van der Waals surface area contributed by atoms with E-state index in [-0.39, 0.29) is 5.54 Å². The maximum absolute atomic E-state index is 5.93. The normalized spacial score (nSPS) is 11.7. The summed E-state index contributed by atoms with van der Waals surface area (Å²) in [7, 11) is 0. The van der Waals surface area contributed by atoms with Crippen LogP contribution in [0.15, 0.2) is 24.3 Å². The van der Waals surface area contributed by atoms with E-state index in [1.54, 1.807) is 0 Å². The van der Waals surface area contributed by atoms with Crippen molar-refractivity contribution in [2.75, 3.05) is 0 Å². The Morgan fingerprint density at radius 2 is 2.00 bits per heavy atom. The number of pyridine rings is 1. The molecule has 0 unspecified atom stereocenters. The third-order valence-corrected chi connectivity index (χ3v) is 4.06. The summed E-state index contributed by atoms with van der Waals surface area (Å²) in [6.45, 7) is 9.60. The molecule has 0 spiro atoms. The van der Waals surface area contributed by atoms with Crippen LogP contribution in [-0.2, 0) is 13.2 Å². The molecule has 3 nitrogen and oxygen atoms in total. The fourth-order valence-electron chi connectivity index (χ4n) is 1.78. The summed E-state index contributed by atoms with van der Waals surface area (Å²) in [6, 6.07) is 7.83. The number of hydrogen-bond acceptors (Lipinski definition) is 4. The molecular formula is C16H21ClN2OS. The summed E-state index contributed by atoms with van der Waals surface area (Å²) >= 11 is 7.47. The second kappa shape index (κ2) is 6.77. The first-order chi connectivity index (χ1) is 9.83. The number of thiophene rings is 1. The number of aryl methyl sites for hydroxylation is 1. The monoisotopic (exact) mass is 324 g/mol. The zero-order valence-electron chi connectivity index (χ0n) is 12.9. The molecular weight excluding hydrogens is 304 g/mol. The van der Waals surface area contributed by atoms with E-state index in [0.29, 0.717) is 13.2 Å². The van der Waals surface area contributed by atoms with E-state index >= 15 is 0 Å². The zero-order chi connectivity index (χ0) is 15.5. The van der Waals surface area contributed by atoms with Crippen LogP contribution in [-0.4, -0.2) is 10.5 Å². The molecule has 2 heterocycles. The molecule has 2 aromatic rings. The predicted molar refractivity (Wildman–Crippen MR) is 89.2 cm³/mol. The van der Waals surface area contributed by atoms with Crippen molar-refractivity contribution in [2.24, 2.45) is 0 Å². The minimum absolute atomic E-state index is 0.0456. The van der Waals surface area contributed by atoms with Gasteiger partial charge < -0.3 is 10.1 Å². The Labute approximate surface area is 135 Å². The summed E-state index contributed by atoms with van der Waals surface area (Å²) in [5.41, 5.74) is 1.98. The number of rotatable bonds is 5. The highest BCUT2D eigenvalue weighted by Gasteiger charge is 2.12. The first-order valence-electron chi connectivity index (χ1n) is 6.92. The van der Waals surface area contributed by atoms with E-state index in [4.69, 9.17) is 16.3 Å². The molecule has 0 atom stereocenters. The highest BCUT2D eigenvalue weighted by atomic mass is 35.5. The van der Waals surface area contributed by atoms with Gasteiger partial charge in [0.1, 0.15) is 12.4 Å². The number of hydrogen-bond donors (Lipinski definition) is 1. The SMILES string of the molecule is Cc1ccc(OCc2ccc(Cl)s2)c(CNC(C)(C)C)n1. The van der Waals surface area contributed by atoms with E-state index in [0.717, 1.165) is 26.4 Å². The van der Waals surface area contributed by atoms with Crippen LogP contribution in [0.3, 0.4) is 0 Å². The molecule has 0 saturated carbocycles. The Morgan fingerprint density at radius 1 is 1.24 bits per heavy atom. The molecule has 5 heteroatoms. The number of aromatic nitrogens is 1. The quantitative estimate of drug-likeness (QED) is 0.874. The lowest BCUT2D eigenvalue weighted by atomic mass is 10.1. The van der Waals surface area contributed by atoms with Crippen molar-refractivity contribution in [3.8, 4) is 5.75 Å². The van der Waals surface area contributed by atoms with Gasteiger partial charge >= 0.3 is 0 Å². The minimum Gasteiger partial charge on any atom is -0.486 e. The van der Waals surface area contributed by atoms with Crippen molar-refractivity contribution < 1.29 is 4.74 Å². The van der Waals surface area contributed by atoms with Gasteiger partial charge in [0.2, 0.25) is 0 Å². The van der Waals surface area contributed by atoms with Crippen LogP contribution in [0.25, 0.3) is 0 Å². The molecule has 0 aliphatic carbocycles. The minimum atomic E-state index is 0.0456. The molecule has 0 aliphatic heterocycles. The lowest BCUT2D eigenvalue weighted by Gasteiger charge is -2.21. The van der Waals surface area contributed by atoms with Gasteiger partial charge in [-0.1, -0.05) is 11.6 Å². The molecule has 0 aliphatic rings. The maximum atomic E-state index is 5.93. The third-order valence-electron chi connectivity index (χ3n) is 2.86. The number of nitrogens with zero attached hydrogens (tertiary/aromatic N) is 1. The largest absolute Gasteiger partial charge is 0.486 e. The molecule has 0 amide bonds. The zero-order valence-corrected chi connectivity index (χ0v) is 14.4. The molecule has 0 bridgehead atoms. The molecule has 0 aromatic carbocycles. The fraction of sp³-hybridized carbons (Fsp3) is 0.438. The highest BCUT2D eigenvalue weighted by molar-refractivity contribution is 7.16. The van der Waals surface area contributed by atoms with Gasteiger partial charge in [-0.3, -0.25) is 4.98 Å². The van der Waals surface area contributed by atoms with Gasteiger partial charge in [-0.25, -0.2) is 0 Å². The smallest absolute Gasteiger partial charge is 0.142 e. The second-order valence-corrected chi connectivity index (χ2v) is 7.80. The molecule has 21 heavy (non-hydrogen) atoms. The van der Waals surface area contributed by atoms with Crippen LogP contribution in [0.5, 0.6) is 5.75 Å². The molecule has 0 radical (unpaired) electrons. The fourth-order valence-corrected chi connectivity index (χ4v) is 2.78. The van der Waals surface area contributed by atoms with Crippen LogP contribution in [0.4, 0.5) is 0 Å². The average Bonchev–Trinajstić information content (AvgIpc) is 2.80. The van der Waals surface area contributed by atoms with E-state index in [1.807, 2.05) is 31.2 Å². The van der Waals surface area contributed by atoms with E-state index < -0.39 is 0 Å². The van der Waals surface area contributed by atoms with Gasteiger partial charge in [-0.15, -0.1) is 11.3 Å². The first kappa shape index (κ1) is 16.3. The highest BCUT2D eigenvalue weighted by Crippen LogP contribution is 2.24. The topological polar surface area (TPSA) is 34.1 Å². The van der Waals surface area contributed by atoms with Crippen LogP contribution < -0.4 is 10.1 Å². The van der Waals surface area contributed by atoms with Gasteiger partial charge in [0, 0.05) is 22.7 Å². The molecule has 0 saturated heterocycles. The second-order valence-electron chi connectivity index (χ2n) is 6.00. The lowest BCUT2D eigenvalue weighted by Crippen LogP contribution is -2.35. The van der Waals surface area contributed by atoms with Crippen LogP contribution in [0, 0.1) is 6.92 Å². The Hall–Kier alpha value is -1.10. The van der Waals surface area contributed by atoms with Crippen molar-refractivity contribution in [1.82, 2.24) is 10.3 Å². The van der Waals surface area contributed by atoms with Crippen molar-refractivity contribution in [2.45, 2.75) is 46.4 Å². The first-order valence-corrected chi connectivity index (χ1v) is 8.11. The van der Waals surface area contributed by atoms with E-state index in [9.17, 15) is 0 Å². The van der Waals surface area contributed by atoms with Crippen LogP contribution in [0.1, 0.15) is 37.0 Å². The Bertz CT molecular complexity index is 605. The maximum Gasteiger partial charge on any atom is 0.142 e. The standard InChI is InChI=1S/C16H21ClN2OS/c1-11-5-7-14(13(19-11)9-18-16(2,3)4)20-10-12-6-8-15(17)21-12/h5-8,18H,9-10H2,1-4H3. The van der Waals surface area contributed by atoms with Gasteiger partial charge in [0.25, 0.3) is 0 Å². The summed E-state index contributed by atoms with van der Waals surface area (Å²) in [6.07, 6.45) is 0. The predicted octanol–water partition coefficient (Wildman–Crippen LogP) is 4.57. The van der Waals surface area contributed by atoms with E-state index in [1.165, 1.54) is 11.3 Å². The summed E-state index contributed by atoms with van der Waals surface area (Å²) in [5.74, 6) is 0.821. The molecule has 1 N–H and O–H groups in total.